The summed E-state index contributed by atoms with van der Waals surface area (Å²) in [5, 5.41) is 3.69. The molecule has 2 heteroatoms. The van der Waals surface area contributed by atoms with Crippen LogP contribution >= 0.6 is 0 Å². The van der Waals surface area contributed by atoms with Crippen LogP contribution in [0.5, 0.6) is 5.75 Å². The Kier molecular flexibility index (Phi) is 3.79. The summed E-state index contributed by atoms with van der Waals surface area (Å²) in [7, 11) is 0. The van der Waals surface area contributed by atoms with Crippen molar-refractivity contribution >= 4 is 0 Å². The number of ether oxygens (including phenoxy) is 1. The Balaban J connectivity index is 1.88. The molecule has 2 nitrogen and oxygen atoms in total. The van der Waals surface area contributed by atoms with Crippen molar-refractivity contribution in [2.24, 2.45) is 0 Å². The molecule has 2 aliphatic rings. The van der Waals surface area contributed by atoms with Gasteiger partial charge in [0, 0.05) is 5.56 Å². The van der Waals surface area contributed by atoms with Gasteiger partial charge in [-0.05, 0) is 55.8 Å². The zero-order chi connectivity index (χ0) is 13.2. The third-order valence-electron chi connectivity index (χ3n) is 4.40. The van der Waals surface area contributed by atoms with E-state index in [-0.39, 0.29) is 0 Å². The molecule has 0 saturated carbocycles. The summed E-state index contributed by atoms with van der Waals surface area (Å²) >= 11 is 0. The van der Waals surface area contributed by atoms with Crippen molar-refractivity contribution in [3.63, 3.8) is 0 Å². The molecule has 2 atom stereocenters. The third-order valence-corrected chi connectivity index (χ3v) is 4.40. The molecular formula is C17H25NO. The lowest BCUT2D eigenvalue weighted by atomic mass is 9.97. The first-order valence-electron chi connectivity index (χ1n) is 7.89. The second kappa shape index (κ2) is 5.54. The fraction of sp³-hybridized carbons (Fsp3) is 0.647. The lowest BCUT2D eigenvalue weighted by molar-refractivity contribution is 0.178. The van der Waals surface area contributed by atoms with Gasteiger partial charge in [0.05, 0.1) is 6.04 Å². The number of fused-ring (bicyclic) bond motifs is 2. The normalized spacial score (nSPS) is 24.1. The van der Waals surface area contributed by atoms with E-state index in [1.807, 2.05) is 0 Å². The molecular weight excluding hydrogens is 234 g/mol. The van der Waals surface area contributed by atoms with Crippen molar-refractivity contribution in [2.75, 3.05) is 6.54 Å². The molecule has 0 radical (unpaired) electrons. The molecule has 19 heavy (non-hydrogen) atoms. The summed E-state index contributed by atoms with van der Waals surface area (Å²) in [6.07, 6.45) is 7.62. The fourth-order valence-corrected chi connectivity index (χ4v) is 3.45. The van der Waals surface area contributed by atoms with Gasteiger partial charge in [-0.25, -0.2) is 0 Å². The molecule has 0 fully saturated rings. The van der Waals surface area contributed by atoms with Gasteiger partial charge >= 0.3 is 0 Å². The van der Waals surface area contributed by atoms with E-state index in [1.165, 1.54) is 43.2 Å². The van der Waals surface area contributed by atoms with Gasteiger partial charge in [-0.15, -0.1) is 0 Å². The standard InChI is InChI=1S/C17H25NO/c1-3-6-15-17(18-9-4-2)14-10-12-7-5-8-13(12)11-16(14)19-15/h10-11,15,17-18H,3-9H2,1-2H3. The van der Waals surface area contributed by atoms with Crippen LogP contribution in [0.2, 0.25) is 0 Å². The second-order valence-electron chi connectivity index (χ2n) is 5.89. The highest BCUT2D eigenvalue weighted by molar-refractivity contribution is 5.49. The van der Waals surface area contributed by atoms with E-state index in [4.69, 9.17) is 4.74 Å². The minimum atomic E-state index is 0.328. The fourth-order valence-electron chi connectivity index (χ4n) is 3.45. The minimum absolute atomic E-state index is 0.328. The van der Waals surface area contributed by atoms with E-state index < -0.39 is 0 Å². The molecule has 1 N–H and O–H groups in total. The molecule has 1 aliphatic heterocycles. The summed E-state index contributed by atoms with van der Waals surface area (Å²) in [4.78, 5) is 0. The molecule has 1 aliphatic carbocycles. The van der Waals surface area contributed by atoms with Gasteiger partial charge in [0.2, 0.25) is 0 Å². The Labute approximate surface area is 116 Å². The van der Waals surface area contributed by atoms with Crippen LogP contribution in [-0.2, 0) is 12.8 Å². The number of nitrogens with one attached hydrogen (secondary N) is 1. The van der Waals surface area contributed by atoms with Crippen LogP contribution in [0, 0.1) is 0 Å². The van der Waals surface area contributed by atoms with E-state index in [0.717, 1.165) is 18.7 Å². The van der Waals surface area contributed by atoms with E-state index in [0.29, 0.717) is 12.1 Å². The zero-order valence-electron chi connectivity index (χ0n) is 12.2. The highest BCUT2D eigenvalue weighted by atomic mass is 16.5. The molecule has 0 aromatic heterocycles. The van der Waals surface area contributed by atoms with Crippen LogP contribution in [0.1, 0.15) is 62.3 Å². The maximum Gasteiger partial charge on any atom is 0.125 e. The van der Waals surface area contributed by atoms with E-state index in [9.17, 15) is 0 Å². The average Bonchev–Trinajstić information content (AvgIpc) is 2.98. The SMILES string of the molecule is CCCNC1c2cc3c(cc2OC1CCC)CCC3. The molecule has 0 amide bonds. The molecule has 0 bridgehead atoms. The predicted octanol–water partition coefficient (Wildman–Crippen LogP) is 3.78. The summed E-state index contributed by atoms with van der Waals surface area (Å²) in [6, 6.07) is 5.13. The maximum absolute atomic E-state index is 6.22. The van der Waals surface area contributed by atoms with Crippen LogP contribution in [0.15, 0.2) is 12.1 Å². The van der Waals surface area contributed by atoms with Crippen LogP contribution < -0.4 is 10.1 Å². The Hall–Kier alpha value is -1.02. The van der Waals surface area contributed by atoms with E-state index in [2.05, 4.69) is 31.3 Å². The largest absolute Gasteiger partial charge is 0.488 e. The summed E-state index contributed by atoms with van der Waals surface area (Å²) in [5.74, 6) is 1.15. The van der Waals surface area contributed by atoms with Crippen LogP contribution in [-0.4, -0.2) is 12.6 Å². The highest BCUT2D eigenvalue weighted by Gasteiger charge is 2.34. The van der Waals surface area contributed by atoms with Gasteiger partial charge in [-0.3, -0.25) is 0 Å². The van der Waals surface area contributed by atoms with Crippen molar-refractivity contribution in [3.8, 4) is 5.75 Å². The Morgan fingerprint density at radius 2 is 1.95 bits per heavy atom. The Morgan fingerprint density at radius 1 is 1.16 bits per heavy atom. The number of aryl methyl sites for hydroxylation is 2. The average molecular weight is 259 g/mol. The molecule has 3 rings (SSSR count). The van der Waals surface area contributed by atoms with Crippen LogP contribution in [0.3, 0.4) is 0 Å². The number of hydrogen-bond donors (Lipinski definition) is 1. The molecule has 104 valence electrons. The molecule has 0 saturated heterocycles. The quantitative estimate of drug-likeness (QED) is 0.869. The van der Waals surface area contributed by atoms with Gasteiger partial charge in [-0.2, -0.15) is 0 Å². The summed E-state index contributed by atoms with van der Waals surface area (Å²) < 4.78 is 6.22. The van der Waals surface area contributed by atoms with Gasteiger partial charge < -0.3 is 10.1 Å². The summed E-state index contributed by atoms with van der Waals surface area (Å²) in [6.45, 7) is 5.54. The van der Waals surface area contributed by atoms with Gasteiger partial charge in [0.1, 0.15) is 11.9 Å². The molecule has 0 spiro atoms. The van der Waals surface area contributed by atoms with Gasteiger partial charge in [0.15, 0.2) is 0 Å². The molecule has 1 aromatic rings. The van der Waals surface area contributed by atoms with Crippen molar-refractivity contribution in [3.05, 3.63) is 28.8 Å². The molecule has 2 unspecified atom stereocenters. The number of hydrogen-bond acceptors (Lipinski definition) is 2. The lowest BCUT2D eigenvalue weighted by Gasteiger charge is -2.19. The van der Waals surface area contributed by atoms with Gasteiger partial charge in [-0.1, -0.05) is 26.3 Å². The number of rotatable bonds is 5. The lowest BCUT2D eigenvalue weighted by Crippen LogP contribution is -2.31. The van der Waals surface area contributed by atoms with Crippen molar-refractivity contribution < 1.29 is 4.74 Å². The van der Waals surface area contributed by atoms with Crippen molar-refractivity contribution in [2.45, 2.75) is 64.5 Å². The first kappa shape index (κ1) is 13.0. The first-order valence-corrected chi connectivity index (χ1v) is 7.89. The predicted molar refractivity (Wildman–Crippen MR) is 78.8 cm³/mol. The van der Waals surface area contributed by atoms with Crippen LogP contribution in [0.4, 0.5) is 0 Å². The van der Waals surface area contributed by atoms with Crippen LogP contribution in [0.25, 0.3) is 0 Å². The first-order chi connectivity index (χ1) is 9.33. The van der Waals surface area contributed by atoms with E-state index >= 15 is 0 Å². The number of benzene rings is 1. The van der Waals surface area contributed by atoms with Gasteiger partial charge in [0.25, 0.3) is 0 Å². The second-order valence-corrected chi connectivity index (χ2v) is 5.89. The summed E-state index contributed by atoms with van der Waals surface area (Å²) in [5.41, 5.74) is 4.49. The molecule has 1 aromatic carbocycles. The Bertz CT molecular complexity index is 455. The Morgan fingerprint density at radius 3 is 2.68 bits per heavy atom. The van der Waals surface area contributed by atoms with E-state index in [1.54, 1.807) is 5.56 Å². The van der Waals surface area contributed by atoms with Crippen molar-refractivity contribution in [1.29, 1.82) is 0 Å². The smallest absolute Gasteiger partial charge is 0.125 e. The topological polar surface area (TPSA) is 21.3 Å². The van der Waals surface area contributed by atoms with Crippen molar-refractivity contribution in [1.82, 2.24) is 5.32 Å². The third kappa shape index (κ3) is 2.38. The minimum Gasteiger partial charge on any atom is -0.488 e. The highest BCUT2D eigenvalue weighted by Crippen LogP contribution is 2.41. The maximum atomic E-state index is 6.22. The molecule has 1 heterocycles. The zero-order valence-corrected chi connectivity index (χ0v) is 12.2. The monoisotopic (exact) mass is 259 g/mol.